The molecule has 1 aromatic rings. The maximum atomic E-state index is 12.6. The van der Waals surface area contributed by atoms with Gasteiger partial charge in [0.15, 0.2) is 0 Å². The Bertz CT molecular complexity index is 515. The highest BCUT2D eigenvalue weighted by atomic mass is 16.2. The Morgan fingerprint density at radius 1 is 1.10 bits per heavy atom. The summed E-state index contributed by atoms with van der Waals surface area (Å²) in [6.45, 7) is 1.79. The predicted octanol–water partition coefficient (Wildman–Crippen LogP) is 2.36. The first-order valence-corrected chi connectivity index (χ1v) is 7.88. The molecule has 112 valence electrons. The molecule has 1 aromatic carbocycles. The van der Waals surface area contributed by atoms with Crippen molar-refractivity contribution in [3.8, 4) is 0 Å². The highest BCUT2D eigenvalue weighted by Gasteiger charge is 2.31. The summed E-state index contributed by atoms with van der Waals surface area (Å²) in [6, 6.07) is 10.4. The van der Waals surface area contributed by atoms with Gasteiger partial charge in [0, 0.05) is 19.5 Å². The Balaban J connectivity index is 1.67. The topological polar surface area (TPSA) is 40.6 Å². The second kappa shape index (κ2) is 6.29. The summed E-state index contributed by atoms with van der Waals surface area (Å²) in [5.41, 5.74) is 1.20. The van der Waals surface area contributed by atoms with Crippen LogP contribution in [0, 0.1) is 0 Å². The van der Waals surface area contributed by atoms with Crippen molar-refractivity contribution >= 4 is 11.8 Å². The van der Waals surface area contributed by atoms with Crippen molar-refractivity contribution in [1.82, 2.24) is 9.80 Å². The van der Waals surface area contributed by atoms with Crippen LogP contribution in [0.15, 0.2) is 30.3 Å². The van der Waals surface area contributed by atoms with Gasteiger partial charge in [-0.15, -0.1) is 0 Å². The predicted molar refractivity (Wildman–Crippen MR) is 80.6 cm³/mol. The summed E-state index contributed by atoms with van der Waals surface area (Å²) in [5.74, 6) is 0.224. The van der Waals surface area contributed by atoms with Crippen LogP contribution in [0.2, 0.25) is 0 Å². The van der Waals surface area contributed by atoms with Crippen molar-refractivity contribution in [1.29, 1.82) is 0 Å². The van der Waals surface area contributed by atoms with Crippen molar-refractivity contribution in [2.75, 3.05) is 19.6 Å². The van der Waals surface area contributed by atoms with Crippen LogP contribution >= 0.6 is 0 Å². The minimum Gasteiger partial charge on any atom is -0.334 e. The second-order valence-electron chi connectivity index (χ2n) is 5.93. The molecular weight excluding hydrogens is 264 g/mol. The number of amides is 2. The number of hydrogen-bond donors (Lipinski definition) is 0. The number of nitrogens with zero attached hydrogens (tertiary/aromatic N) is 2. The minimum absolute atomic E-state index is 0.0941. The number of likely N-dealkylation sites (tertiary alicyclic amines) is 2. The highest BCUT2D eigenvalue weighted by Crippen LogP contribution is 2.31. The molecule has 2 aliphatic heterocycles. The van der Waals surface area contributed by atoms with Gasteiger partial charge < -0.3 is 9.80 Å². The molecule has 2 aliphatic rings. The van der Waals surface area contributed by atoms with E-state index in [9.17, 15) is 9.59 Å². The lowest BCUT2D eigenvalue weighted by Gasteiger charge is -2.30. The van der Waals surface area contributed by atoms with Gasteiger partial charge in [0.05, 0.1) is 12.6 Å². The number of carbonyl (C=O) groups excluding carboxylic acids is 2. The van der Waals surface area contributed by atoms with Crippen molar-refractivity contribution in [2.24, 2.45) is 0 Å². The highest BCUT2D eigenvalue weighted by molar-refractivity contribution is 5.85. The Kier molecular flexibility index (Phi) is 4.23. The van der Waals surface area contributed by atoms with Gasteiger partial charge in [0.2, 0.25) is 11.8 Å². The van der Waals surface area contributed by atoms with Gasteiger partial charge >= 0.3 is 0 Å². The number of piperidine rings is 1. The molecule has 2 saturated heterocycles. The molecule has 1 atom stereocenters. The van der Waals surface area contributed by atoms with E-state index in [4.69, 9.17) is 0 Å². The van der Waals surface area contributed by atoms with Crippen molar-refractivity contribution in [3.05, 3.63) is 35.9 Å². The van der Waals surface area contributed by atoms with E-state index in [1.165, 1.54) is 5.56 Å². The summed E-state index contributed by atoms with van der Waals surface area (Å²) < 4.78 is 0. The molecule has 0 saturated carbocycles. The van der Waals surface area contributed by atoms with Crippen LogP contribution in [-0.4, -0.2) is 41.2 Å². The fourth-order valence-electron chi connectivity index (χ4n) is 3.37. The Hall–Kier alpha value is -1.84. The average Bonchev–Trinajstić information content (AvgIpc) is 3.00. The van der Waals surface area contributed by atoms with Crippen molar-refractivity contribution in [2.45, 2.75) is 38.1 Å². The van der Waals surface area contributed by atoms with Crippen LogP contribution < -0.4 is 0 Å². The zero-order valence-electron chi connectivity index (χ0n) is 12.3. The molecule has 2 amide bonds. The fraction of sp³-hybridized carbons (Fsp3) is 0.529. The molecule has 2 heterocycles. The molecular formula is C17H22N2O2. The van der Waals surface area contributed by atoms with Gasteiger partial charge in [-0.1, -0.05) is 30.3 Å². The quantitative estimate of drug-likeness (QED) is 0.856. The second-order valence-corrected chi connectivity index (χ2v) is 5.93. The van der Waals surface area contributed by atoms with Crippen LogP contribution in [0.1, 0.15) is 43.7 Å². The van der Waals surface area contributed by atoms with Gasteiger partial charge in [-0.25, -0.2) is 0 Å². The van der Waals surface area contributed by atoms with Crippen LogP contribution in [0.25, 0.3) is 0 Å². The van der Waals surface area contributed by atoms with E-state index >= 15 is 0 Å². The number of benzene rings is 1. The molecule has 0 aliphatic carbocycles. The molecule has 21 heavy (non-hydrogen) atoms. The lowest BCUT2D eigenvalue weighted by Crippen LogP contribution is -2.44. The van der Waals surface area contributed by atoms with E-state index < -0.39 is 0 Å². The monoisotopic (exact) mass is 286 g/mol. The van der Waals surface area contributed by atoms with Gasteiger partial charge in [-0.2, -0.15) is 0 Å². The van der Waals surface area contributed by atoms with Crippen LogP contribution in [0.4, 0.5) is 0 Å². The van der Waals surface area contributed by atoms with Gasteiger partial charge in [-0.05, 0) is 31.2 Å². The Morgan fingerprint density at radius 3 is 2.67 bits per heavy atom. The van der Waals surface area contributed by atoms with E-state index in [1.54, 1.807) is 4.90 Å². The number of rotatable bonds is 3. The van der Waals surface area contributed by atoms with Crippen molar-refractivity contribution in [3.63, 3.8) is 0 Å². The summed E-state index contributed by atoms with van der Waals surface area (Å²) in [4.78, 5) is 28.1. The third kappa shape index (κ3) is 3.09. The number of hydrogen-bond acceptors (Lipinski definition) is 2. The first kappa shape index (κ1) is 14.1. The standard InChI is InChI=1S/C17H22N2O2/c20-16-10-4-5-11-18(16)13-17(21)19-12-6-9-15(19)14-7-2-1-3-8-14/h1-3,7-8,15H,4-6,9-13H2. The summed E-state index contributed by atoms with van der Waals surface area (Å²) in [6.07, 6.45) is 4.62. The zero-order chi connectivity index (χ0) is 14.7. The van der Waals surface area contributed by atoms with E-state index in [-0.39, 0.29) is 24.4 Å². The van der Waals surface area contributed by atoms with Gasteiger partial charge in [0.25, 0.3) is 0 Å². The zero-order valence-corrected chi connectivity index (χ0v) is 12.3. The SMILES string of the molecule is O=C1CCCCN1CC(=O)N1CCCC1c1ccccc1. The lowest BCUT2D eigenvalue weighted by molar-refractivity contribution is -0.142. The molecule has 0 spiro atoms. The van der Waals surface area contributed by atoms with E-state index in [2.05, 4.69) is 12.1 Å². The van der Waals surface area contributed by atoms with Crippen molar-refractivity contribution < 1.29 is 9.59 Å². The van der Waals surface area contributed by atoms with E-state index in [0.29, 0.717) is 6.42 Å². The Morgan fingerprint density at radius 2 is 1.90 bits per heavy atom. The molecule has 3 rings (SSSR count). The maximum Gasteiger partial charge on any atom is 0.242 e. The molecule has 4 heteroatoms. The summed E-state index contributed by atoms with van der Waals surface area (Å²) in [7, 11) is 0. The summed E-state index contributed by atoms with van der Waals surface area (Å²) in [5, 5.41) is 0. The van der Waals surface area contributed by atoms with Gasteiger partial charge in [-0.3, -0.25) is 9.59 Å². The molecule has 0 bridgehead atoms. The van der Waals surface area contributed by atoms with Crippen LogP contribution in [0.3, 0.4) is 0 Å². The third-order valence-electron chi connectivity index (χ3n) is 4.50. The number of carbonyl (C=O) groups is 2. The average molecular weight is 286 g/mol. The normalized spacial score (nSPS) is 22.7. The van der Waals surface area contributed by atoms with E-state index in [1.807, 2.05) is 23.1 Å². The third-order valence-corrected chi connectivity index (χ3v) is 4.50. The first-order chi connectivity index (χ1) is 10.3. The van der Waals surface area contributed by atoms with Gasteiger partial charge in [0.1, 0.15) is 0 Å². The minimum atomic E-state index is 0.0941. The smallest absolute Gasteiger partial charge is 0.242 e. The molecule has 0 aromatic heterocycles. The largest absolute Gasteiger partial charge is 0.334 e. The lowest BCUT2D eigenvalue weighted by atomic mass is 10.0. The van der Waals surface area contributed by atoms with Crippen LogP contribution in [-0.2, 0) is 9.59 Å². The van der Waals surface area contributed by atoms with E-state index in [0.717, 1.165) is 38.8 Å². The molecule has 2 fully saturated rings. The Labute approximate surface area is 125 Å². The van der Waals surface area contributed by atoms with Crippen LogP contribution in [0.5, 0.6) is 0 Å². The maximum absolute atomic E-state index is 12.6. The first-order valence-electron chi connectivity index (χ1n) is 7.88. The molecule has 0 N–H and O–H groups in total. The molecule has 1 unspecified atom stereocenters. The molecule has 4 nitrogen and oxygen atoms in total. The fourth-order valence-corrected chi connectivity index (χ4v) is 3.37. The summed E-state index contributed by atoms with van der Waals surface area (Å²) >= 11 is 0. The molecule has 0 radical (unpaired) electrons.